The van der Waals surface area contributed by atoms with Crippen LogP contribution in [0.5, 0.6) is 0 Å². The van der Waals surface area contributed by atoms with E-state index in [4.69, 9.17) is 9.47 Å². The van der Waals surface area contributed by atoms with Crippen molar-refractivity contribution in [2.45, 2.75) is 85.5 Å². The molecular weight excluding hydrogens is 292 g/mol. The largest absolute Gasteiger partial charge is 0.462 e. The molecule has 0 aliphatic rings. The van der Waals surface area contributed by atoms with Crippen LogP contribution in [0.25, 0.3) is 0 Å². The Labute approximate surface area is 141 Å². The van der Waals surface area contributed by atoms with Crippen LogP contribution in [-0.4, -0.2) is 25.2 Å². The van der Waals surface area contributed by atoms with Crippen LogP contribution in [0.4, 0.5) is 0 Å². The molecule has 0 aromatic carbocycles. The van der Waals surface area contributed by atoms with Gasteiger partial charge in [0, 0.05) is 11.1 Å². The topological polar surface area (TPSA) is 52.6 Å². The van der Waals surface area contributed by atoms with Crippen molar-refractivity contribution in [3.05, 3.63) is 11.1 Å². The zero-order valence-corrected chi connectivity index (χ0v) is 15.4. The highest BCUT2D eigenvalue weighted by atomic mass is 16.5. The summed E-state index contributed by atoms with van der Waals surface area (Å²) in [5.41, 5.74) is 0.878. The van der Waals surface area contributed by atoms with Gasteiger partial charge in [-0.1, -0.05) is 52.9 Å². The summed E-state index contributed by atoms with van der Waals surface area (Å²) in [6.45, 7) is 8.51. The van der Waals surface area contributed by atoms with E-state index >= 15 is 0 Å². The molecule has 0 aromatic rings. The van der Waals surface area contributed by atoms with Crippen molar-refractivity contribution in [1.82, 2.24) is 0 Å². The molecule has 0 unspecified atom stereocenters. The molecule has 0 heterocycles. The normalized spacial score (nSPS) is 11.8. The number of carbonyl (C=O) groups excluding carboxylic acids is 2. The van der Waals surface area contributed by atoms with Gasteiger partial charge in [0.2, 0.25) is 0 Å². The maximum atomic E-state index is 12.2. The van der Waals surface area contributed by atoms with Crippen molar-refractivity contribution < 1.29 is 19.1 Å². The molecule has 23 heavy (non-hydrogen) atoms. The number of unbranched alkanes of at least 4 members (excludes halogenated alkanes) is 5. The summed E-state index contributed by atoms with van der Waals surface area (Å²) >= 11 is 0. The lowest BCUT2D eigenvalue weighted by molar-refractivity contribution is -0.142. The first-order valence-electron chi connectivity index (χ1n) is 9.12. The average molecular weight is 326 g/mol. The van der Waals surface area contributed by atoms with Gasteiger partial charge >= 0.3 is 11.9 Å². The molecule has 0 aliphatic carbocycles. The van der Waals surface area contributed by atoms with Crippen molar-refractivity contribution in [2.24, 2.45) is 0 Å². The standard InChI is InChI=1S/C19H34O4/c1-5-8-9-10-11-12-13-17(19(21)23-15-7-3)16(4)18(20)22-14-6-2/h5-15H2,1-4H3. The first kappa shape index (κ1) is 21.7. The van der Waals surface area contributed by atoms with Gasteiger partial charge in [-0.25, -0.2) is 9.59 Å². The summed E-state index contributed by atoms with van der Waals surface area (Å²) in [7, 11) is 0. The third-order valence-electron chi connectivity index (χ3n) is 3.66. The molecule has 0 atom stereocenters. The van der Waals surface area contributed by atoms with Crippen LogP contribution in [0, 0.1) is 0 Å². The van der Waals surface area contributed by atoms with E-state index in [-0.39, 0.29) is 5.97 Å². The van der Waals surface area contributed by atoms with Crippen LogP contribution < -0.4 is 0 Å². The van der Waals surface area contributed by atoms with Gasteiger partial charge in [0.15, 0.2) is 0 Å². The van der Waals surface area contributed by atoms with Crippen molar-refractivity contribution in [1.29, 1.82) is 0 Å². The molecule has 0 fully saturated rings. The number of rotatable bonds is 13. The smallest absolute Gasteiger partial charge is 0.334 e. The molecule has 0 spiro atoms. The van der Waals surface area contributed by atoms with Crippen LogP contribution in [0.2, 0.25) is 0 Å². The van der Waals surface area contributed by atoms with Gasteiger partial charge < -0.3 is 9.47 Å². The summed E-state index contributed by atoms with van der Waals surface area (Å²) in [6.07, 6.45) is 8.97. The van der Waals surface area contributed by atoms with Gasteiger partial charge in [0.1, 0.15) is 0 Å². The first-order chi connectivity index (χ1) is 11.1. The monoisotopic (exact) mass is 326 g/mol. The molecule has 0 aromatic heterocycles. The summed E-state index contributed by atoms with van der Waals surface area (Å²) in [4.78, 5) is 24.2. The van der Waals surface area contributed by atoms with Crippen molar-refractivity contribution >= 4 is 11.9 Å². The Bertz CT molecular complexity index is 372. The zero-order valence-electron chi connectivity index (χ0n) is 15.4. The van der Waals surface area contributed by atoms with Gasteiger partial charge in [-0.15, -0.1) is 0 Å². The van der Waals surface area contributed by atoms with Crippen molar-refractivity contribution in [3.8, 4) is 0 Å². The van der Waals surface area contributed by atoms with Crippen LogP contribution in [-0.2, 0) is 19.1 Å². The minimum absolute atomic E-state index is 0.369. The lowest BCUT2D eigenvalue weighted by Crippen LogP contribution is -2.16. The van der Waals surface area contributed by atoms with Crippen LogP contribution >= 0.6 is 0 Å². The van der Waals surface area contributed by atoms with E-state index in [9.17, 15) is 9.59 Å². The highest BCUT2D eigenvalue weighted by Gasteiger charge is 2.19. The SMILES string of the molecule is CCCCCCCCC(C(=O)OCCC)=C(C)C(=O)OCCC. The molecule has 4 heteroatoms. The maximum absolute atomic E-state index is 12.2. The summed E-state index contributed by atoms with van der Waals surface area (Å²) in [5.74, 6) is -0.771. The second-order valence-corrected chi connectivity index (χ2v) is 5.89. The van der Waals surface area contributed by atoms with Crippen molar-refractivity contribution in [2.75, 3.05) is 13.2 Å². The fourth-order valence-corrected chi connectivity index (χ4v) is 2.23. The summed E-state index contributed by atoms with van der Waals surface area (Å²) in [6, 6.07) is 0. The van der Waals surface area contributed by atoms with E-state index in [1.165, 1.54) is 25.7 Å². The first-order valence-corrected chi connectivity index (χ1v) is 9.12. The highest BCUT2D eigenvalue weighted by molar-refractivity contribution is 5.99. The number of hydrogen-bond acceptors (Lipinski definition) is 4. The molecule has 0 N–H and O–H groups in total. The quantitative estimate of drug-likeness (QED) is 0.273. The Morgan fingerprint density at radius 2 is 1.22 bits per heavy atom. The van der Waals surface area contributed by atoms with Crippen molar-refractivity contribution in [3.63, 3.8) is 0 Å². The van der Waals surface area contributed by atoms with Crippen LogP contribution in [0.15, 0.2) is 11.1 Å². The van der Waals surface area contributed by atoms with Gasteiger partial charge in [0.05, 0.1) is 13.2 Å². The summed E-state index contributed by atoms with van der Waals surface area (Å²) < 4.78 is 10.4. The second-order valence-electron chi connectivity index (χ2n) is 5.89. The van der Waals surface area contributed by atoms with Crippen LogP contribution in [0.3, 0.4) is 0 Å². The average Bonchev–Trinajstić information content (AvgIpc) is 2.56. The van der Waals surface area contributed by atoms with E-state index in [0.29, 0.717) is 30.8 Å². The minimum atomic E-state index is -0.402. The van der Waals surface area contributed by atoms with E-state index in [2.05, 4.69) is 6.92 Å². The summed E-state index contributed by atoms with van der Waals surface area (Å²) in [5, 5.41) is 0. The molecule has 0 bridgehead atoms. The third kappa shape index (κ3) is 10.1. The zero-order chi connectivity index (χ0) is 17.5. The van der Waals surface area contributed by atoms with Gasteiger partial charge in [-0.3, -0.25) is 0 Å². The predicted octanol–water partition coefficient (Wildman–Crippen LogP) is 4.96. The fourth-order valence-electron chi connectivity index (χ4n) is 2.23. The molecular formula is C19H34O4. The van der Waals surface area contributed by atoms with E-state index in [1.54, 1.807) is 6.92 Å². The molecule has 0 saturated carbocycles. The molecule has 134 valence electrons. The molecule has 4 nitrogen and oxygen atoms in total. The lowest BCUT2D eigenvalue weighted by atomic mass is 10.0. The Morgan fingerprint density at radius 3 is 1.78 bits per heavy atom. The van der Waals surface area contributed by atoms with E-state index < -0.39 is 5.97 Å². The van der Waals surface area contributed by atoms with Gasteiger partial charge in [-0.05, 0) is 32.6 Å². The number of hydrogen-bond donors (Lipinski definition) is 0. The Morgan fingerprint density at radius 1 is 0.696 bits per heavy atom. The van der Waals surface area contributed by atoms with E-state index in [0.717, 1.165) is 25.7 Å². The molecule has 0 aliphatic heterocycles. The lowest BCUT2D eigenvalue weighted by Gasteiger charge is -2.12. The number of ether oxygens (including phenoxy) is 2. The Kier molecular flexibility index (Phi) is 13.5. The fraction of sp³-hybridized carbons (Fsp3) is 0.789. The van der Waals surface area contributed by atoms with Gasteiger partial charge in [-0.2, -0.15) is 0 Å². The minimum Gasteiger partial charge on any atom is -0.462 e. The highest BCUT2D eigenvalue weighted by Crippen LogP contribution is 2.18. The third-order valence-corrected chi connectivity index (χ3v) is 3.66. The van der Waals surface area contributed by atoms with E-state index in [1.807, 2.05) is 13.8 Å². The Hall–Kier alpha value is -1.32. The number of esters is 2. The maximum Gasteiger partial charge on any atom is 0.334 e. The predicted molar refractivity (Wildman–Crippen MR) is 93.2 cm³/mol. The second kappa shape index (κ2) is 14.3. The molecule has 0 radical (unpaired) electrons. The molecule has 0 saturated heterocycles. The molecule has 0 rings (SSSR count). The van der Waals surface area contributed by atoms with Gasteiger partial charge in [0.25, 0.3) is 0 Å². The molecule has 0 amide bonds. The Balaban J connectivity index is 4.66. The van der Waals surface area contributed by atoms with Crippen LogP contribution in [0.1, 0.15) is 85.5 Å². The number of carbonyl (C=O) groups is 2.